The van der Waals surface area contributed by atoms with Gasteiger partial charge in [0, 0.05) is 19.3 Å². The summed E-state index contributed by atoms with van der Waals surface area (Å²) >= 11 is 0. The van der Waals surface area contributed by atoms with E-state index in [9.17, 15) is 13.2 Å². The van der Waals surface area contributed by atoms with Gasteiger partial charge in [0.25, 0.3) is 0 Å². The topological polar surface area (TPSA) is 92.5 Å². The molecule has 0 radical (unpaired) electrons. The molecule has 0 aliphatic rings. The van der Waals surface area contributed by atoms with Crippen molar-refractivity contribution < 1.29 is 13.2 Å². The Kier molecular flexibility index (Phi) is 4.31. The maximum Gasteiger partial charge on any atom is 0.321 e. The Morgan fingerprint density at radius 1 is 1.44 bits per heavy atom. The number of amides is 2. The van der Waals surface area contributed by atoms with Gasteiger partial charge in [0.05, 0.1) is 4.90 Å². The van der Waals surface area contributed by atoms with E-state index < -0.39 is 10.0 Å². The number of hydrogen-bond donors (Lipinski definition) is 2. The van der Waals surface area contributed by atoms with Crippen LogP contribution in [0.2, 0.25) is 0 Å². The van der Waals surface area contributed by atoms with Crippen LogP contribution >= 0.6 is 0 Å². The van der Waals surface area contributed by atoms with Crippen LogP contribution in [0.4, 0.5) is 10.5 Å². The Labute approximate surface area is 107 Å². The highest BCUT2D eigenvalue weighted by molar-refractivity contribution is 7.89. The zero-order valence-corrected chi connectivity index (χ0v) is 11.4. The van der Waals surface area contributed by atoms with Crippen molar-refractivity contribution >= 4 is 21.7 Å². The molecule has 1 rings (SSSR count). The molecule has 1 aromatic carbocycles. The summed E-state index contributed by atoms with van der Waals surface area (Å²) in [6.45, 7) is 4.15. The summed E-state index contributed by atoms with van der Waals surface area (Å²) in [5.41, 5.74) is 1.20. The Hall–Kier alpha value is -1.60. The lowest BCUT2D eigenvalue weighted by atomic mass is 10.2. The average Bonchev–Trinajstić information content (AvgIpc) is 2.29. The number of hydrogen-bond acceptors (Lipinski definition) is 3. The molecule has 2 amide bonds. The normalized spacial score (nSPS) is 11.1. The highest BCUT2D eigenvalue weighted by atomic mass is 32.2. The molecule has 6 nitrogen and oxygen atoms in total. The van der Waals surface area contributed by atoms with E-state index in [1.54, 1.807) is 14.0 Å². The number of carbonyl (C=O) groups excluding carboxylic acids is 1. The quantitative estimate of drug-likeness (QED) is 0.863. The molecule has 0 saturated heterocycles. The van der Waals surface area contributed by atoms with Crippen molar-refractivity contribution in [2.45, 2.75) is 18.7 Å². The van der Waals surface area contributed by atoms with E-state index >= 15 is 0 Å². The first-order valence-corrected chi connectivity index (χ1v) is 6.96. The predicted octanol–water partition coefficient (Wildman–Crippen LogP) is 1.13. The molecule has 0 heterocycles. The molecule has 0 bridgehead atoms. The Morgan fingerprint density at radius 3 is 2.50 bits per heavy atom. The number of rotatable bonds is 3. The number of benzene rings is 1. The zero-order chi connectivity index (χ0) is 13.9. The van der Waals surface area contributed by atoms with Gasteiger partial charge in [0.15, 0.2) is 0 Å². The molecule has 0 aliphatic heterocycles. The van der Waals surface area contributed by atoms with Crippen molar-refractivity contribution in [3.8, 4) is 0 Å². The van der Waals surface area contributed by atoms with E-state index in [2.05, 4.69) is 5.32 Å². The van der Waals surface area contributed by atoms with Crippen molar-refractivity contribution in [3.63, 3.8) is 0 Å². The first-order chi connectivity index (χ1) is 8.25. The predicted molar refractivity (Wildman–Crippen MR) is 69.9 cm³/mol. The van der Waals surface area contributed by atoms with Crippen molar-refractivity contribution in [3.05, 3.63) is 23.8 Å². The number of sulfonamides is 1. The van der Waals surface area contributed by atoms with Gasteiger partial charge in [-0.3, -0.25) is 0 Å². The molecule has 1 aromatic rings. The van der Waals surface area contributed by atoms with E-state index in [1.165, 1.54) is 23.1 Å². The monoisotopic (exact) mass is 271 g/mol. The van der Waals surface area contributed by atoms with Crippen molar-refractivity contribution in [1.29, 1.82) is 0 Å². The summed E-state index contributed by atoms with van der Waals surface area (Å²) < 4.78 is 22.3. The fraction of sp³-hybridized carbons (Fsp3) is 0.364. The fourth-order valence-electron chi connectivity index (χ4n) is 1.31. The number of nitrogens with one attached hydrogen (secondary N) is 1. The number of anilines is 1. The SMILES string of the molecule is CCN(C)C(=O)Nc1ccc(S(N)(=O)=O)cc1C. The maximum absolute atomic E-state index is 11.6. The number of nitrogens with two attached hydrogens (primary N) is 1. The van der Waals surface area contributed by atoms with E-state index in [-0.39, 0.29) is 10.9 Å². The summed E-state index contributed by atoms with van der Waals surface area (Å²) in [4.78, 5) is 13.2. The molecule has 18 heavy (non-hydrogen) atoms. The van der Waals surface area contributed by atoms with Crippen LogP contribution in [0.1, 0.15) is 12.5 Å². The molecule has 0 spiro atoms. The lowest BCUT2D eigenvalue weighted by Crippen LogP contribution is -2.31. The molecule has 0 atom stereocenters. The van der Waals surface area contributed by atoms with Crippen LogP contribution in [0.15, 0.2) is 23.1 Å². The average molecular weight is 271 g/mol. The van der Waals surface area contributed by atoms with Gasteiger partial charge in [-0.2, -0.15) is 0 Å². The first kappa shape index (κ1) is 14.5. The smallest absolute Gasteiger partial charge is 0.321 e. The first-order valence-electron chi connectivity index (χ1n) is 5.41. The molecule has 0 aliphatic carbocycles. The second-order valence-corrected chi connectivity index (χ2v) is 5.53. The molecular weight excluding hydrogens is 254 g/mol. The highest BCUT2D eigenvalue weighted by Gasteiger charge is 2.12. The standard InChI is InChI=1S/C11H17N3O3S/c1-4-14(3)11(15)13-10-6-5-9(7-8(10)2)18(12,16)17/h5-7H,4H2,1-3H3,(H,13,15)(H2,12,16,17). The summed E-state index contributed by atoms with van der Waals surface area (Å²) in [5, 5.41) is 7.71. The summed E-state index contributed by atoms with van der Waals surface area (Å²) in [7, 11) is -2.04. The minimum Gasteiger partial charge on any atom is -0.328 e. The minimum absolute atomic E-state index is 0.0295. The maximum atomic E-state index is 11.6. The van der Waals surface area contributed by atoms with Crippen molar-refractivity contribution in [2.75, 3.05) is 18.9 Å². The molecule has 0 saturated carbocycles. The van der Waals surface area contributed by atoms with E-state index in [0.717, 1.165) is 0 Å². The largest absolute Gasteiger partial charge is 0.328 e. The van der Waals surface area contributed by atoms with Crippen LogP contribution < -0.4 is 10.5 Å². The van der Waals surface area contributed by atoms with Crippen LogP contribution in [0.5, 0.6) is 0 Å². The van der Waals surface area contributed by atoms with Crippen LogP contribution in [-0.2, 0) is 10.0 Å². The van der Waals surface area contributed by atoms with Crippen molar-refractivity contribution in [1.82, 2.24) is 4.90 Å². The van der Waals surface area contributed by atoms with Gasteiger partial charge in [-0.05, 0) is 37.6 Å². The molecule has 0 fully saturated rings. The van der Waals surface area contributed by atoms with E-state index in [0.29, 0.717) is 17.8 Å². The van der Waals surface area contributed by atoms with E-state index in [4.69, 9.17) is 5.14 Å². The van der Waals surface area contributed by atoms with Crippen molar-refractivity contribution in [2.24, 2.45) is 5.14 Å². The second kappa shape index (κ2) is 5.36. The Bertz CT molecular complexity index is 555. The molecule has 0 unspecified atom stereocenters. The van der Waals surface area contributed by atoms with Gasteiger partial charge >= 0.3 is 6.03 Å². The summed E-state index contributed by atoms with van der Waals surface area (Å²) in [5.74, 6) is 0. The molecule has 3 N–H and O–H groups in total. The third kappa shape index (κ3) is 3.44. The third-order valence-electron chi connectivity index (χ3n) is 2.59. The molecule has 100 valence electrons. The van der Waals surface area contributed by atoms with Crippen LogP contribution in [0, 0.1) is 6.92 Å². The number of carbonyl (C=O) groups is 1. The second-order valence-electron chi connectivity index (χ2n) is 3.97. The lowest BCUT2D eigenvalue weighted by molar-refractivity contribution is 0.224. The van der Waals surface area contributed by atoms with Gasteiger partial charge in [-0.15, -0.1) is 0 Å². The Morgan fingerprint density at radius 2 is 2.06 bits per heavy atom. The van der Waals surface area contributed by atoms with Gasteiger partial charge < -0.3 is 10.2 Å². The molecular formula is C11H17N3O3S. The number of primary sulfonamides is 1. The zero-order valence-electron chi connectivity index (χ0n) is 10.6. The molecule has 7 heteroatoms. The van der Waals surface area contributed by atoms with Gasteiger partial charge in [0.1, 0.15) is 0 Å². The van der Waals surface area contributed by atoms with Gasteiger partial charge in [-0.25, -0.2) is 18.4 Å². The van der Waals surface area contributed by atoms with Crippen LogP contribution in [-0.4, -0.2) is 32.9 Å². The summed E-state index contributed by atoms with van der Waals surface area (Å²) in [6, 6.07) is 4.07. The van der Waals surface area contributed by atoms with Crippen LogP contribution in [0.25, 0.3) is 0 Å². The third-order valence-corrected chi connectivity index (χ3v) is 3.50. The number of urea groups is 1. The molecule has 0 aromatic heterocycles. The minimum atomic E-state index is -3.71. The van der Waals surface area contributed by atoms with Crippen LogP contribution in [0.3, 0.4) is 0 Å². The lowest BCUT2D eigenvalue weighted by Gasteiger charge is -2.16. The Balaban J connectivity index is 2.97. The van der Waals surface area contributed by atoms with Gasteiger partial charge in [0.2, 0.25) is 10.0 Å². The summed E-state index contributed by atoms with van der Waals surface area (Å²) in [6.07, 6.45) is 0. The fourth-order valence-corrected chi connectivity index (χ4v) is 1.91. The number of nitrogens with zero attached hydrogens (tertiary/aromatic N) is 1. The van der Waals surface area contributed by atoms with E-state index in [1.807, 2.05) is 6.92 Å². The number of aryl methyl sites for hydroxylation is 1. The highest BCUT2D eigenvalue weighted by Crippen LogP contribution is 2.19. The van der Waals surface area contributed by atoms with Gasteiger partial charge in [-0.1, -0.05) is 0 Å².